The largest absolute Gasteiger partial charge is 0.449 e. The summed E-state index contributed by atoms with van der Waals surface area (Å²) in [5.41, 5.74) is 0.635. The van der Waals surface area contributed by atoms with Gasteiger partial charge in [-0.3, -0.25) is 0 Å². The van der Waals surface area contributed by atoms with E-state index in [9.17, 15) is 4.79 Å². The quantitative estimate of drug-likeness (QED) is 0.478. The van der Waals surface area contributed by atoms with Gasteiger partial charge in [0.1, 0.15) is 11.3 Å². The number of hydrogen-bond acceptors (Lipinski definition) is 3. The van der Waals surface area contributed by atoms with Gasteiger partial charge in [-0.15, -0.1) is 0 Å². The highest BCUT2D eigenvalue weighted by Gasteiger charge is 2.14. The molecule has 3 aromatic rings. The third-order valence-electron chi connectivity index (χ3n) is 2.70. The monoisotopic (exact) mass is 350 g/mol. The Morgan fingerprint density at radius 3 is 2.60 bits per heavy atom. The number of rotatable bonds is 2. The number of furan rings is 1. The third kappa shape index (κ3) is 2.71. The van der Waals surface area contributed by atoms with Gasteiger partial charge in [-0.2, -0.15) is 0 Å². The second-order valence-electron chi connectivity index (χ2n) is 4.14. The fraction of sp³-hybridized carbons (Fsp3) is 0. The van der Waals surface area contributed by atoms with Crippen molar-refractivity contribution in [2.24, 2.45) is 0 Å². The van der Waals surface area contributed by atoms with E-state index in [0.29, 0.717) is 16.4 Å². The van der Waals surface area contributed by atoms with E-state index >= 15 is 0 Å². The average Bonchev–Trinajstić information content (AvgIpc) is 2.84. The Labute approximate surface area is 128 Å². The van der Waals surface area contributed by atoms with Gasteiger partial charge >= 0.3 is 5.97 Å². The van der Waals surface area contributed by atoms with Gasteiger partial charge in [0.25, 0.3) is 0 Å². The summed E-state index contributed by atoms with van der Waals surface area (Å²) in [5.74, 6) is 0.0359. The van der Waals surface area contributed by atoms with E-state index in [1.54, 1.807) is 36.4 Å². The summed E-state index contributed by atoms with van der Waals surface area (Å²) in [6, 6.07) is 13.7. The number of esters is 1. The molecule has 0 aliphatic heterocycles. The van der Waals surface area contributed by atoms with Gasteiger partial charge in [-0.25, -0.2) is 4.79 Å². The molecular formula is C15H8BrClO3. The molecule has 5 heteroatoms. The maximum absolute atomic E-state index is 12.0. The van der Waals surface area contributed by atoms with E-state index in [-0.39, 0.29) is 5.76 Å². The number of hydrogen-bond donors (Lipinski definition) is 0. The molecule has 0 bridgehead atoms. The molecule has 1 aromatic heterocycles. The molecule has 0 spiro atoms. The molecule has 0 atom stereocenters. The summed E-state index contributed by atoms with van der Waals surface area (Å²) in [4.78, 5) is 12.0. The van der Waals surface area contributed by atoms with Crippen LogP contribution in [0.15, 0.2) is 57.4 Å². The van der Waals surface area contributed by atoms with Crippen LogP contribution in [0.1, 0.15) is 10.6 Å². The van der Waals surface area contributed by atoms with Crippen molar-refractivity contribution in [3.05, 3.63) is 63.8 Å². The summed E-state index contributed by atoms with van der Waals surface area (Å²) in [6.07, 6.45) is 0. The van der Waals surface area contributed by atoms with Gasteiger partial charge in [-0.05, 0) is 48.5 Å². The van der Waals surface area contributed by atoms with Crippen LogP contribution in [0.2, 0.25) is 5.02 Å². The third-order valence-corrected chi connectivity index (χ3v) is 3.45. The maximum atomic E-state index is 12.0. The predicted molar refractivity (Wildman–Crippen MR) is 80.3 cm³/mol. The number of carbonyl (C=O) groups is 1. The van der Waals surface area contributed by atoms with Crippen LogP contribution in [0.25, 0.3) is 11.0 Å². The summed E-state index contributed by atoms with van der Waals surface area (Å²) >= 11 is 9.14. The number of ether oxygens (including phenoxy) is 1. The van der Waals surface area contributed by atoms with E-state index in [1.807, 2.05) is 12.1 Å². The minimum absolute atomic E-state index is 0.160. The average molecular weight is 352 g/mol. The van der Waals surface area contributed by atoms with Crippen molar-refractivity contribution in [2.75, 3.05) is 0 Å². The topological polar surface area (TPSA) is 39.4 Å². The van der Waals surface area contributed by atoms with Crippen LogP contribution in [0.4, 0.5) is 0 Å². The number of carbonyl (C=O) groups excluding carboxylic acids is 1. The zero-order valence-electron chi connectivity index (χ0n) is 10.1. The summed E-state index contributed by atoms with van der Waals surface area (Å²) in [6.45, 7) is 0. The number of halogens is 2. The molecule has 0 fully saturated rings. The lowest BCUT2D eigenvalue weighted by molar-refractivity contribution is 0.0704. The molecule has 3 rings (SSSR count). The highest BCUT2D eigenvalue weighted by atomic mass is 79.9. The molecule has 0 radical (unpaired) electrons. The van der Waals surface area contributed by atoms with E-state index in [2.05, 4.69) is 15.9 Å². The Bertz CT molecular complexity index is 777. The van der Waals surface area contributed by atoms with Crippen LogP contribution in [-0.4, -0.2) is 5.97 Å². The summed E-state index contributed by atoms with van der Waals surface area (Å²) in [7, 11) is 0. The van der Waals surface area contributed by atoms with Gasteiger partial charge in [-0.1, -0.05) is 27.5 Å². The Hall–Kier alpha value is -1.78. The second kappa shape index (κ2) is 5.31. The molecule has 100 valence electrons. The van der Waals surface area contributed by atoms with E-state index in [4.69, 9.17) is 20.8 Å². The molecule has 0 aliphatic rings. The highest BCUT2D eigenvalue weighted by molar-refractivity contribution is 9.10. The molecule has 3 nitrogen and oxygen atoms in total. The minimum Gasteiger partial charge on any atom is -0.449 e. The Kier molecular flexibility index (Phi) is 3.51. The lowest BCUT2D eigenvalue weighted by Crippen LogP contribution is -2.06. The Morgan fingerprint density at radius 1 is 1.10 bits per heavy atom. The molecule has 0 saturated carbocycles. The molecule has 0 saturated heterocycles. The minimum atomic E-state index is -0.542. The first-order chi connectivity index (χ1) is 9.61. The van der Waals surface area contributed by atoms with Gasteiger partial charge in [0.15, 0.2) is 0 Å². The van der Waals surface area contributed by atoms with Crippen LogP contribution in [0.3, 0.4) is 0 Å². The summed E-state index contributed by atoms with van der Waals surface area (Å²) in [5, 5.41) is 1.42. The van der Waals surface area contributed by atoms with Gasteiger partial charge in [0.05, 0.1) is 0 Å². The zero-order valence-corrected chi connectivity index (χ0v) is 12.4. The van der Waals surface area contributed by atoms with Crippen molar-refractivity contribution < 1.29 is 13.9 Å². The van der Waals surface area contributed by atoms with E-state index < -0.39 is 5.97 Å². The van der Waals surface area contributed by atoms with Crippen LogP contribution in [0.5, 0.6) is 5.75 Å². The van der Waals surface area contributed by atoms with Crippen molar-refractivity contribution in [3.8, 4) is 5.75 Å². The zero-order chi connectivity index (χ0) is 14.1. The van der Waals surface area contributed by atoms with Crippen LogP contribution in [0, 0.1) is 0 Å². The Balaban J connectivity index is 1.86. The van der Waals surface area contributed by atoms with Gasteiger partial charge in [0, 0.05) is 14.9 Å². The van der Waals surface area contributed by atoms with Crippen molar-refractivity contribution in [1.82, 2.24) is 0 Å². The molecule has 0 unspecified atom stereocenters. The first kappa shape index (κ1) is 13.2. The first-order valence-electron chi connectivity index (χ1n) is 5.79. The van der Waals surface area contributed by atoms with Crippen LogP contribution < -0.4 is 4.74 Å². The highest BCUT2D eigenvalue weighted by Crippen LogP contribution is 2.24. The fourth-order valence-corrected chi connectivity index (χ4v) is 2.28. The molecule has 1 heterocycles. The molecule has 0 N–H and O–H groups in total. The standard InChI is InChI=1S/C15H8BrClO3/c16-10-1-6-13-9(7-10)8-14(20-13)15(18)19-12-4-2-11(17)3-5-12/h1-8H. The lowest BCUT2D eigenvalue weighted by Gasteiger charge is -2.01. The van der Waals surface area contributed by atoms with Crippen molar-refractivity contribution >= 4 is 44.5 Å². The van der Waals surface area contributed by atoms with Gasteiger partial charge < -0.3 is 9.15 Å². The normalized spacial score (nSPS) is 10.7. The lowest BCUT2D eigenvalue weighted by atomic mass is 10.2. The van der Waals surface area contributed by atoms with Gasteiger partial charge in [0.2, 0.25) is 5.76 Å². The first-order valence-corrected chi connectivity index (χ1v) is 6.96. The number of fused-ring (bicyclic) bond motifs is 1. The smallest absolute Gasteiger partial charge is 0.379 e. The number of benzene rings is 2. The predicted octanol–water partition coefficient (Wildman–Crippen LogP) is 5.07. The van der Waals surface area contributed by atoms with Crippen molar-refractivity contribution in [3.63, 3.8) is 0 Å². The SMILES string of the molecule is O=C(Oc1ccc(Cl)cc1)c1cc2cc(Br)ccc2o1. The van der Waals surface area contributed by atoms with Crippen LogP contribution in [-0.2, 0) is 0 Å². The van der Waals surface area contributed by atoms with Crippen LogP contribution >= 0.6 is 27.5 Å². The Morgan fingerprint density at radius 2 is 1.85 bits per heavy atom. The molecule has 2 aromatic carbocycles. The second-order valence-corrected chi connectivity index (χ2v) is 5.49. The molecule has 0 aliphatic carbocycles. The maximum Gasteiger partial charge on any atom is 0.379 e. The van der Waals surface area contributed by atoms with Crippen molar-refractivity contribution in [1.29, 1.82) is 0 Å². The van der Waals surface area contributed by atoms with Crippen molar-refractivity contribution in [2.45, 2.75) is 0 Å². The molecule has 20 heavy (non-hydrogen) atoms. The molecule has 0 amide bonds. The van der Waals surface area contributed by atoms with E-state index in [0.717, 1.165) is 9.86 Å². The fourth-order valence-electron chi connectivity index (χ4n) is 1.77. The summed E-state index contributed by atoms with van der Waals surface area (Å²) < 4.78 is 11.6. The molecular weight excluding hydrogens is 344 g/mol. The van der Waals surface area contributed by atoms with E-state index in [1.165, 1.54) is 0 Å².